The van der Waals surface area contributed by atoms with Crippen molar-refractivity contribution >= 4 is 29.3 Å². The molecule has 3 aromatic carbocycles. The number of rotatable bonds is 10. The number of imidazole rings is 1. The number of aromatic nitrogens is 2. The highest BCUT2D eigenvalue weighted by Gasteiger charge is 2.22. The maximum atomic E-state index is 13.1. The minimum atomic E-state index is -1.05. The topological polar surface area (TPSA) is 114 Å². The molecule has 0 aliphatic heterocycles. The number of H-pyrrole nitrogens is 1. The molecule has 0 spiro atoms. The Labute approximate surface area is 219 Å². The third-order valence-corrected chi connectivity index (χ3v) is 6.97. The number of carboxylic acid groups (broad SMARTS) is 1. The van der Waals surface area contributed by atoms with E-state index in [2.05, 4.69) is 10.3 Å². The molecule has 0 aliphatic rings. The first-order valence-corrected chi connectivity index (χ1v) is 12.5. The Kier molecular flexibility index (Phi) is 8.15. The number of hydrogen-bond donors (Lipinski definition) is 3. The predicted octanol–water partition coefficient (Wildman–Crippen LogP) is 5.97. The number of hydrogen-bond acceptors (Lipinski definition) is 6. The fourth-order valence-electron chi connectivity index (χ4n) is 3.74. The van der Waals surface area contributed by atoms with Crippen molar-refractivity contribution in [2.24, 2.45) is 0 Å². The predicted molar refractivity (Wildman–Crippen MR) is 145 cm³/mol. The summed E-state index contributed by atoms with van der Waals surface area (Å²) in [6.07, 6.45) is 0.547. The number of aromatic carboxylic acids is 1. The molecule has 0 radical (unpaired) electrons. The first-order valence-electron chi connectivity index (χ1n) is 11.6. The van der Waals surface area contributed by atoms with Crippen molar-refractivity contribution in [2.45, 2.75) is 23.8 Å². The number of thioether (sulfide) groups is 1. The van der Waals surface area contributed by atoms with Gasteiger partial charge < -0.3 is 24.9 Å². The Bertz CT molecular complexity index is 1320. The molecule has 1 amide bonds. The van der Waals surface area contributed by atoms with E-state index >= 15 is 0 Å². The van der Waals surface area contributed by atoms with Gasteiger partial charge in [0.15, 0.2) is 5.16 Å². The monoisotopic (exact) mass is 517 g/mol. The average Bonchev–Trinajstić information content (AvgIpc) is 3.35. The zero-order valence-electron chi connectivity index (χ0n) is 20.6. The number of nitrogens with one attached hydrogen (secondary N) is 2. The number of carbonyl (C=O) groups is 2. The van der Waals surface area contributed by atoms with Crippen LogP contribution in [0.25, 0.3) is 22.5 Å². The lowest BCUT2D eigenvalue weighted by Gasteiger charge is -2.13. The van der Waals surface area contributed by atoms with E-state index in [9.17, 15) is 14.7 Å². The lowest BCUT2D eigenvalue weighted by atomic mass is 10.0. The quantitative estimate of drug-likeness (QED) is 0.222. The van der Waals surface area contributed by atoms with E-state index in [4.69, 9.17) is 14.5 Å². The number of amides is 1. The number of nitrogens with zero attached hydrogens (tertiary/aromatic N) is 1. The van der Waals surface area contributed by atoms with Gasteiger partial charge in [0, 0.05) is 16.8 Å². The lowest BCUT2D eigenvalue weighted by molar-refractivity contribution is -0.115. The fourth-order valence-corrected chi connectivity index (χ4v) is 4.65. The number of benzene rings is 3. The van der Waals surface area contributed by atoms with Crippen LogP contribution in [0.2, 0.25) is 0 Å². The van der Waals surface area contributed by atoms with Gasteiger partial charge in [-0.1, -0.05) is 24.8 Å². The molecule has 9 heteroatoms. The minimum Gasteiger partial charge on any atom is -0.497 e. The molecule has 37 heavy (non-hydrogen) atoms. The zero-order chi connectivity index (χ0) is 26.4. The Morgan fingerprint density at radius 3 is 2.16 bits per heavy atom. The molecule has 3 N–H and O–H groups in total. The van der Waals surface area contributed by atoms with Gasteiger partial charge in [0.1, 0.15) is 11.5 Å². The molecule has 0 saturated carbocycles. The summed E-state index contributed by atoms with van der Waals surface area (Å²) < 4.78 is 10.6. The summed E-state index contributed by atoms with van der Waals surface area (Å²) in [5, 5.41) is 12.2. The highest BCUT2D eigenvalue weighted by molar-refractivity contribution is 8.00. The molecule has 4 rings (SSSR count). The van der Waals surface area contributed by atoms with Crippen molar-refractivity contribution < 1.29 is 24.2 Å². The van der Waals surface area contributed by atoms with Crippen molar-refractivity contribution in [1.82, 2.24) is 9.97 Å². The van der Waals surface area contributed by atoms with Crippen molar-refractivity contribution in [3.63, 3.8) is 0 Å². The van der Waals surface area contributed by atoms with E-state index in [0.717, 1.165) is 34.0 Å². The molecular formula is C28H27N3O5S. The van der Waals surface area contributed by atoms with Crippen LogP contribution in [0.3, 0.4) is 0 Å². The molecule has 0 fully saturated rings. The Morgan fingerprint density at radius 2 is 1.59 bits per heavy atom. The van der Waals surface area contributed by atoms with E-state index in [0.29, 0.717) is 17.3 Å². The molecule has 0 aliphatic carbocycles. The second-order valence-electron chi connectivity index (χ2n) is 8.11. The van der Waals surface area contributed by atoms with Crippen LogP contribution in [0.4, 0.5) is 5.69 Å². The third kappa shape index (κ3) is 6.13. The smallest absolute Gasteiger partial charge is 0.335 e. The van der Waals surface area contributed by atoms with Crippen molar-refractivity contribution in [3.05, 3.63) is 78.4 Å². The van der Waals surface area contributed by atoms with Crippen LogP contribution in [0.15, 0.2) is 78.0 Å². The van der Waals surface area contributed by atoms with Crippen LogP contribution >= 0.6 is 11.8 Å². The van der Waals surface area contributed by atoms with Crippen LogP contribution in [0, 0.1) is 0 Å². The van der Waals surface area contributed by atoms with Gasteiger partial charge >= 0.3 is 5.97 Å². The molecule has 190 valence electrons. The van der Waals surface area contributed by atoms with Gasteiger partial charge in [-0.05, 0) is 73.2 Å². The molecule has 0 saturated heterocycles. The second-order valence-corrected chi connectivity index (χ2v) is 9.30. The van der Waals surface area contributed by atoms with Gasteiger partial charge in [0.2, 0.25) is 5.91 Å². The maximum Gasteiger partial charge on any atom is 0.335 e. The summed E-state index contributed by atoms with van der Waals surface area (Å²) in [6, 6.07) is 21.5. The van der Waals surface area contributed by atoms with Crippen molar-refractivity contribution in [2.75, 3.05) is 19.5 Å². The van der Waals surface area contributed by atoms with Crippen LogP contribution in [0.5, 0.6) is 11.5 Å². The largest absolute Gasteiger partial charge is 0.497 e. The van der Waals surface area contributed by atoms with Crippen LogP contribution < -0.4 is 14.8 Å². The molecule has 4 aromatic rings. The Morgan fingerprint density at radius 1 is 0.973 bits per heavy atom. The van der Waals surface area contributed by atoms with Crippen molar-refractivity contribution in [3.8, 4) is 34.0 Å². The summed E-state index contributed by atoms with van der Waals surface area (Å²) >= 11 is 1.32. The van der Waals surface area contributed by atoms with Crippen LogP contribution in [0.1, 0.15) is 23.7 Å². The minimum absolute atomic E-state index is 0.109. The summed E-state index contributed by atoms with van der Waals surface area (Å²) in [5.74, 6) is 0.210. The van der Waals surface area contributed by atoms with Gasteiger partial charge in [-0.2, -0.15) is 0 Å². The number of ether oxygens (including phenoxy) is 2. The van der Waals surface area contributed by atoms with E-state index in [1.165, 1.54) is 23.9 Å². The normalized spacial score (nSPS) is 11.5. The Hall–Kier alpha value is -4.24. The molecule has 1 unspecified atom stereocenters. The van der Waals surface area contributed by atoms with Crippen LogP contribution in [-0.2, 0) is 4.79 Å². The van der Waals surface area contributed by atoms with E-state index in [-0.39, 0.29) is 11.5 Å². The standard InChI is InChI=1S/C28H27N3O5S/c1-4-23(26(32)29-20-7-5-6-19(16-20)27(33)34)37-28-30-24(17-8-12-21(35-2)13-9-17)25(31-28)18-10-14-22(36-3)15-11-18/h5-16,23H,4H2,1-3H3,(H,29,32)(H,30,31)(H,33,34). The molecule has 1 atom stereocenters. The second kappa shape index (κ2) is 11.7. The summed E-state index contributed by atoms with van der Waals surface area (Å²) in [5.41, 5.74) is 3.94. The van der Waals surface area contributed by atoms with Gasteiger partial charge in [-0.25, -0.2) is 9.78 Å². The first kappa shape index (κ1) is 25.8. The van der Waals surface area contributed by atoms with Gasteiger partial charge in [-0.3, -0.25) is 4.79 Å². The molecule has 8 nitrogen and oxygen atoms in total. The summed E-state index contributed by atoms with van der Waals surface area (Å²) in [7, 11) is 3.24. The van der Waals surface area contributed by atoms with Crippen molar-refractivity contribution in [1.29, 1.82) is 0 Å². The van der Waals surface area contributed by atoms with E-state index in [1.54, 1.807) is 26.4 Å². The maximum absolute atomic E-state index is 13.1. The SMILES string of the molecule is CCC(Sc1nc(-c2ccc(OC)cc2)c(-c2ccc(OC)cc2)[nH]1)C(=O)Nc1cccc(C(=O)O)c1. The molecule has 1 heterocycles. The third-order valence-electron chi connectivity index (χ3n) is 5.72. The first-order chi connectivity index (χ1) is 17.9. The van der Waals surface area contributed by atoms with Gasteiger partial charge in [0.05, 0.1) is 36.4 Å². The number of carboxylic acids is 1. The number of aromatic amines is 1. The molecular weight excluding hydrogens is 490 g/mol. The van der Waals surface area contributed by atoms with E-state index < -0.39 is 11.2 Å². The zero-order valence-corrected chi connectivity index (χ0v) is 21.5. The lowest BCUT2D eigenvalue weighted by Crippen LogP contribution is -2.24. The van der Waals surface area contributed by atoms with Gasteiger partial charge in [0.25, 0.3) is 0 Å². The summed E-state index contributed by atoms with van der Waals surface area (Å²) in [6.45, 7) is 1.92. The van der Waals surface area contributed by atoms with Crippen LogP contribution in [-0.4, -0.2) is 46.4 Å². The van der Waals surface area contributed by atoms with E-state index in [1.807, 2.05) is 55.5 Å². The molecule has 1 aromatic heterocycles. The number of methoxy groups -OCH3 is 2. The number of anilines is 1. The summed E-state index contributed by atoms with van der Waals surface area (Å²) in [4.78, 5) is 32.6. The van der Waals surface area contributed by atoms with Gasteiger partial charge in [-0.15, -0.1) is 0 Å². The highest BCUT2D eigenvalue weighted by Crippen LogP contribution is 2.36. The molecule has 0 bridgehead atoms. The number of carbonyl (C=O) groups excluding carboxylic acids is 1. The fraction of sp³-hybridized carbons (Fsp3) is 0.179. The Balaban J connectivity index is 1.62. The average molecular weight is 518 g/mol. The highest BCUT2D eigenvalue weighted by atomic mass is 32.2.